The maximum absolute atomic E-state index is 11.4. The molecule has 1 rings (SSSR count). The number of benzene rings is 1. The van der Waals surface area contributed by atoms with Crippen molar-refractivity contribution in [1.29, 1.82) is 0 Å². The topological polar surface area (TPSA) is 58.6 Å². The average Bonchev–Trinajstić information content (AvgIpc) is 2.33. The van der Waals surface area contributed by atoms with Crippen LogP contribution < -0.4 is 10.1 Å². The molecule has 1 amide bonds. The van der Waals surface area contributed by atoms with Gasteiger partial charge in [-0.15, -0.1) is 0 Å². The number of ether oxygens (including phenoxy) is 1. The third kappa shape index (κ3) is 5.84. The van der Waals surface area contributed by atoms with Crippen molar-refractivity contribution in [2.75, 3.05) is 19.8 Å². The number of unbranched alkanes of at least 4 members (excludes halogenated alkanes) is 1. The summed E-state index contributed by atoms with van der Waals surface area (Å²) in [7, 11) is 0. The van der Waals surface area contributed by atoms with Gasteiger partial charge in [-0.25, -0.2) is 0 Å². The monoisotopic (exact) mass is 379 g/mol. The molecule has 1 aromatic carbocycles. The standard InChI is InChI=1S/C12H15Br2NO3/c13-9-3-4-11(10(14)7-9)18-8-12(17)15-5-1-2-6-16/h3-4,7,16H,1-2,5-6,8H2,(H,15,17). The van der Waals surface area contributed by atoms with Gasteiger partial charge in [0.25, 0.3) is 5.91 Å². The third-order valence-corrected chi connectivity index (χ3v) is 3.27. The molecular formula is C12H15Br2NO3. The summed E-state index contributed by atoms with van der Waals surface area (Å²) in [6.07, 6.45) is 1.46. The fraction of sp³-hybridized carbons (Fsp3) is 0.417. The Morgan fingerprint density at radius 2 is 2.11 bits per heavy atom. The molecule has 2 N–H and O–H groups in total. The fourth-order valence-corrected chi connectivity index (χ4v) is 2.41. The van der Waals surface area contributed by atoms with Crippen molar-refractivity contribution >= 4 is 37.8 Å². The predicted molar refractivity (Wildman–Crippen MR) is 76.7 cm³/mol. The minimum absolute atomic E-state index is 0.0145. The van der Waals surface area contributed by atoms with Crippen LogP contribution in [0.5, 0.6) is 5.75 Å². The first-order valence-electron chi connectivity index (χ1n) is 5.59. The average molecular weight is 381 g/mol. The Bertz CT molecular complexity index is 399. The molecule has 100 valence electrons. The summed E-state index contributed by atoms with van der Waals surface area (Å²) >= 11 is 6.70. The molecule has 4 nitrogen and oxygen atoms in total. The van der Waals surface area contributed by atoms with Gasteiger partial charge < -0.3 is 15.2 Å². The zero-order valence-electron chi connectivity index (χ0n) is 9.79. The summed E-state index contributed by atoms with van der Waals surface area (Å²) in [4.78, 5) is 11.4. The molecular weight excluding hydrogens is 366 g/mol. The van der Waals surface area contributed by atoms with Gasteiger partial charge in [0.2, 0.25) is 0 Å². The zero-order chi connectivity index (χ0) is 13.4. The molecule has 0 fully saturated rings. The highest BCUT2D eigenvalue weighted by atomic mass is 79.9. The number of nitrogens with one attached hydrogen (secondary N) is 1. The Kier molecular flexibility index (Phi) is 7.31. The summed E-state index contributed by atoms with van der Waals surface area (Å²) < 4.78 is 7.12. The molecule has 0 radical (unpaired) electrons. The van der Waals surface area contributed by atoms with E-state index in [1.165, 1.54) is 0 Å². The number of hydrogen-bond acceptors (Lipinski definition) is 3. The maximum Gasteiger partial charge on any atom is 0.257 e. The van der Waals surface area contributed by atoms with Crippen molar-refractivity contribution < 1.29 is 14.6 Å². The van der Waals surface area contributed by atoms with Crippen molar-refractivity contribution in [1.82, 2.24) is 5.32 Å². The molecule has 0 saturated carbocycles. The Balaban J connectivity index is 2.29. The summed E-state index contributed by atoms with van der Waals surface area (Å²) in [5.41, 5.74) is 0. The molecule has 0 saturated heterocycles. The predicted octanol–water partition coefficient (Wildman–Crippen LogP) is 2.48. The van der Waals surface area contributed by atoms with E-state index in [1.54, 1.807) is 6.07 Å². The minimum atomic E-state index is -0.164. The van der Waals surface area contributed by atoms with Crippen LogP contribution in [0.1, 0.15) is 12.8 Å². The van der Waals surface area contributed by atoms with Crippen LogP contribution in [0.15, 0.2) is 27.1 Å². The van der Waals surface area contributed by atoms with Gasteiger partial charge in [-0.1, -0.05) is 15.9 Å². The molecule has 0 aliphatic heterocycles. The number of hydrogen-bond donors (Lipinski definition) is 2. The van der Waals surface area contributed by atoms with Crippen LogP contribution in [0.3, 0.4) is 0 Å². The van der Waals surface area contributed by atoms with Gasteiger partial charge in [0, 0.05) is 17.6 Å². The summed E-state index contributed by atoms with van der Waals surface area (Å²) in [5.74, 6) is 0.464. The van der Waals surface area contributed by atoms with Gasteiger partial charge in [-0.2, -0.15) is 0 Å². The summed E-state index contributed by atoms with van der Waals surface area (Å²) in [5, 5.41) is 11.3. The highest BCUT2D eigenvalue weighted by Gasteiger charge is 2.05. The van der Waals surface area contributed by atoms with Crippen LogP contribution in [-0.2, 0) is 4.79 Å². The lowest BCUT2D eigenvalue weighted by Crippen LogP contribution is -2.29. The molecule has 0 aliphatic rings. The van der Waals surface area contributed by atoms with Crippen LogP contribution in [-0.4, -0.2) is 30.8 Å². The van der Waals surface area contributed by atoms with Crippen LogP contribution in [0.2, 0.25) is 0 Å². The van der Waals surface area contributed by atoms with E-state index in [0.717, 1.165) is 15.4 Å². The van der Waals surface area contributed by atoms with Gasteiger partial charge in [0.15, 0.2) is 6.61 Å². The van der Waals surface area contributed by atoms with Gasteiger partial charge in [0.1, 0.15) is 5.75 Å². The fourth-order valence-electron chi connectivity index (χ4n) is 1.25. The number of halogens is 2. The van der Waals surface area contributed by atoms with E-state index in [9.17, 15) is 4.79 Å². The Hall–Kier alpha value is -0.590. The number of rotatable bonds is 7. The van der Waals surface area contributed by atoms with Gasteiger partial charge in [0.05, 0.1) is 4.47 Å². The van der Waals surface area contributed by atoms with Crippen LogP contribution in [0.25, 0.3) is 0 Å². The van der Waals surface area contributed by atoms with E-state index in [2.05, 4.69) is 37.2 Å². The van der Waals surface area contributed by atoms with Crippen molar-refractivity contribution in [3.63, 3.8) is 0 Å². The summed E-state index contributed by atoms with van der Waals surface area (Å²) in [6, 6.07) is 5.49. The lowest BCUT2D eigenvalue weighted by molar-refractivity contribution is -0.123. The smallest absolute Gasteiger partial charge is 0.257 e. The molecule has 0 heterocycles. The van der Waals surface area contributed by atoms with Gasteiger partial charge >= 0.3 is 0 Å². The molecule has 6 heteroatoms. The first-order valence-corrected chi connectivity index (χ1v) is 7.17. The molecule has 0 atom stereocenters. The quantitative estimate of drug-likeness (QED) is 0.714. The third-order valence-electron chi connectivity index (χ3n) is 2.16. The Morgan fingerprint density at radius 1 is 1.33 bits per heavy atom. The second-order valence-corrected chi connectivity index (χ2v) is 5.41. The van der Waals surface area contributed by atoms with E-state index in [1.807, 2.05) is 12.1 Å². The highest BCUT2D eigenvalue weighted by Crippen LogP contribution is 2.27. The van der Waals surface area contributed by atoms with Crippen molar-refractivity contribution in [3.8, 4) is 5.75 Å². The number of carbonyl (C=O) groups excluding carboxylic acids is 1. The van der Waals surface area contributed by atoms with E-state index in [0.29, 0.717) is 18.7 Å². The van der Waals surface area contributed by atoms with E-state index < -0.39 is 0 Å². The normalized spacial score (nSPS) is 10.2. The van der Waals surface area contributed by atoms with E-state index >= 15 is 0 Å². The maximum atomic E-state index is 11.4. The molecule has 0 aliphatic carbocycles. The number of aliphatic hydroxyl groups excluding tert-OH is 1. The first-order chi connectivity index (χ1) is 8.63. The van der Waals surface area contributed by atoms with Crippen LogP contribution >= 0.6 is 31.9 Å². The lowest BCUT2D eigenvalue weighted by Gasteiger charge is -2.09. The first kappa shape index (κ1) is 15.5. The SMILES string of the molecule is O=C(COc1ccc(Br)cc1Br)NCCCCO. The van der Waals surface area contributed by atoms with Crippen molar-refractivity contribution in [2.45, 2.75) is 12.8 Å². The Labute approximate surface area is 123 Å². The molecule has 0 spiro atoms. The largest absolute Gasteiger partial charge is 0.483 e. The lowest BCUT2D eigenvalue weighted by atomic mass is 10.3. The number of carbonyl (C=O) groups is 1. The molecule has 0 unspecified atom stereocenters. The van der Waals surface area contributed by atoms with Crippen molar-refractivity contribution in [3.05, 3.63) is 27.1 Å². The number of amides is 1. The molecule has 1 aromatic rings. The van der Waals surface area contributed by atoms with Gasteiger partial charge in [-0.05, 0) is 47.0 Å². The molecule has 18 heavy (non-hydrogen) atoms. The second kappa shape index (κ2) is 8.50. The van der Waals surface area contributed by atoms with Crippen LogP contribution in [0.4, 0.5) is 0 Å². The minimum Gasteiger partial charge on any atom is -0.483 e. The molecule has 0 aromatic heterocycles. The van der Waals surface area contributed by atoms with Crippen LogP contribution in [0, 0.1) is 0 Å². The van der Waals surface area contributed by atoms with Gasteiger partial charge in [-0.3, -0.25) is 4.79 Å². The summed E-state index contributed by atoms with van der Waals surface area (Å²) in [6.45, 7) is 0.696. The molecule has 0 bridgehead atoms. The second-order valence-electron chi connectivity index (χ2n) is 3.64. The Morgan fingerprint density at radius 3 is 2.78 bits per heavy atom. The number of aliphatic hydroxyl groups is 1. The zero-order valence-corrected chi connectivity index (χ0v) is 13.0. The van der Waals surface area contributed by atoms with Crippen molar-refractivity contribution in [2.24, 2.45) is 0 Å². The van der Waals surface area contributed by atoms with E-state index in [4.69, 9.17) is 9.84 Å². The van der Waals surface area contributed by atoms with E-state index in [-0.39, 0.29) is 19.1 Å². The highest BCUT2D eigenvalue weighted by molar-refractivity contribution is 9.11.